The molecule has 3 aromatic rings. The zero-order valence-electron chi connectivity index (χ0n) is 18.4. The first-order valence-electron chi connectivity index (χ1n) is 10.7. The van der Waals surface area contributed by atoms with Gasteiger partial charge >= 0.3 is 0 Å². The number of nitrogens with one attached hydrogen (secondary N) is 1. The van der Waals surface area contributed by atoms with E-state index < -0.39 is 15.9 Å². The van der Waals surface area contributed by atoms with Gasteiger partial charge in [0.15, 0.2) is 5.76 Å². The van der Waals surface area contributed by atoms with E-state index in [9.17, 15) is 17.6 Å². The highest BCUT2D eigenvalue weighted by atomic mass is 32.2. The Balaban J connectivity index is 1.58. The molecule has 2 heterocycles. The molecule has 0 radical (unpaired) electrons. The number of halogens is 1. The summed E-state index contributed by atoms with van der Waals surface area (Å²) in [7, 11) is -3.64. The minimum absolute atomic E-state index is 0.136. The number of fused-ring (bicyclic) bond motifs is 1. The number of aryl methyl sites for hydroxylation is 1. The maximum absolute atomic E-state index is 13.2. The molecule has 1 N–H and O–H groups in total. The first-order valence-corrected chi connectivity index (χ1v) is 12.1. The van der Waals surface area contributed by atoms with E-state index in [-0.39, 0.29) is 23.0 Å². The lowest BCUT2D eigenvalue weighted by atomic mass is 9.94. The molecule has 2 atom stereocenters. The maximum Gasteiger partial charge on any atom is 0.287 e. The molecule has 32 heavy (non-hydrogen) atoms. The van der Waals surface area contributed by atoms with Gasteiger partial charge in [0.05, 0.1) is 4.90 Å². The lowest BCUT2D eigenvalue weighted by molar-refractivity contribution is 0.0924. The summed E-state index contributed by atoms with van der Waals surface area (Å²) in [6, 6.07) is 10.6. The number of nitrogens with zero attached hydrogens (tertiary/aromatic N) is 1. The van der Waals surface area contributed by atoms with Crippen molar-refractivity contribution >= 4 is 26.9 Å². The van der Waals surface area contributed by atoms with Crippen LogP contribution >= 0.6 is 0 Å². The fraction of sp³-hybridized carbons (Fsp3) is 0.375. The van der Waals surface area contributed by atoms with Gasteiger partial charge < -0.3 is 9.73 Å². The average molecular weight is 459 g/mol. The highest BCUT2D eigenvalue weighted by Crippen LogP contribution is 2.31. The van der Waals surface area contributed by atoms with Gasteiger partial charge in [-0.3, -0.25) is 4.79 Å². The van der Waals surface area contributed by atoms with E-state index in [1.54, 1.807) is 35.5 Å². The molecule has 1 amide bonds. The Morgan fingerprint density at radius 2 is 1.78 bits per heavy atom. The largest absolute Gasteiger partial charge is 0.451 e. The number of rotatable bonds is 5. The van der Waals surface area contributed by atoms with Crippen LogP contribution in [-0.4, -0.2) is 31.7 Å². The van der Waals surface area contributed by atoms with Gasteiger partial charge in [-0.25, -0.2) is 12.8 Å². The first kappa shape index (κ1) is 22.5. The van der Waals surface area contributed by atoms with E-state index in [0.717, 1.165) is 12.0 Å². The van der Waals surface area contributed by atoms with Crippen LogP contribution in [0.4, 0.5) is 4.39 Å². The molecule has 0 spiro atoms. The molecule has 1 aliphatic heterocycles. The Morgan fingerprint density at radius 1 is 1.12 bits per heavy atom. The van der Waals surface area contributed by atoms with Crippen LogP contribution in [0.15, 0.2) is 51.8 Å². The van der Waals surface area contributed by atoms with Crippen molar-refractivity contribution in [2.75, 3.05) is 13.1 Å². The zero-order chi connectivity index (χ0) is 23.0. The predicted molar refractivity (Wildman–Crippen MR) is 120 cm³/mol. The summed E-state index contributed by atoms with van der Waals surface area (Å²) in [6.45, 7) is 7.11. The van der Waals surface area contributed by atoms with Crippen molar-refractivity contribution < 1.29 is 22.0 Å². The Hall–Kier alpha value is -2.71. The second-order valence-electron chi connectivity index (χ2n) is 8.79. The fourth-order valence-corrected chi connectivity index (χ4v) is 6.10. The summed E-state index contributed by atoms with van der Waals surface area (Å²) in [5.74, 6) is 0.00376. The van der Waals surface area contributed by atoms with Crippen LogP contribution in [0.1, 0.15) is 41.9 Å². The van der Waals surface area contributed by atoms with Crippen LogP contribution in [0.25, 0.3) is 11.0 Å². The quantitative estimate of drug-likeness (QED) is 0.612. The lowest BCUT2D eigenvalue weighted by Crippen LogP contribution is -2.42. The van der Waals surface area contributed by atoms with Crippen LogP contribution in [0.2, 0.25) is 0 Å². The minimum Gasteiger partial charge on any atom is -0.451 e. The molecule has 1 aliphatic rings. The average Bonchev–Trinajstić information content (AvgIpc) is 3.08. The molecule has 2 aromatic carbocycles. The van der Waals surface area contributed by atoms with Gasteiger partial charge in [-0.05, 0) is 61.1 Å². The van der Waals surface area contributed by atoms with Crippen molar-refractivity contribution in [3.63, 3.8) is 0 Å². The molecule has 1 saturated heterocycles. The second kappa shape index (κ2) is 8.67. The number of carbonyl (C=O) groups is 1. The van der Waals surface area contributed by atoms with E-state index >= 15 is 0 Å². The molecule has 0 saturated carbocycles. The minimum atomic E-state index is -3.64. The summed E-state index contributed by atoms with van der Waals surface area (Å²) in [6.07, 6.45) is 1.02. The van der Waals surface area contributed by atoms with Crippen molar-refractivity contribution in [3.8, 4) is 0 Å². The normalized spacial score (nSPS) is 19.9. The van der Waals surface area contributed by atoms with Crippen LogP contribution in [0, 0.1) is 24.6 Å². The van der Waals surface area contributed by atoms with Gasteiger partial charge in [0, 0.05) is 30.6 Å². The molecule has 170 valence electrons. The molecule has 0 aliphatic carbocycles. The number of hydrogen-bond acceptors (Lipinski definition) is 4. The zero-order valence-corrected chi connectivity index (χ0v) is 19.2. The highest BCUT2D eigenvalue weighted by molar-refractivity contribution is 7.89. The summed E-state index contributed by atoms with van der Waals surface area (Å²) in [5, 5.41) is 3.35. The number of carbonyl (C=O) groups excluding carboxylic acids is 1. The number of benzene rings is 2. The second-order valence-corrected chi connectivity index (χ2v) is 10.7. The van der Waals surface area contributed by atoms with Gasteiger partial charge in [0.2, 0.25) is 10.0 Å². The first-order chi connectivity index (χ1) is 15.1. The standard InChI is InChI=1S/C24H27FN2O4S/c1-15-10-16(2)14-27(13-15)32(29,30)20-8-9-22-21(11-20)17(3)23(31-22)24(28)26-12-18-4-6-19(25)7-5-18/h4-9,11,15-16H,10,12-14H2,1-3H3,(H,26,28)/t15-,16-/m0/s1. The Morgan fingerprint density at radius 3 is 2.44 bits per heavy atom. The monoisotopic (exact) mass is 458 g/mol. The van der Waals surface area contributed by atoms with E-state index in [1.807, 2.05) is 0 Å². The summed E-state index contributed by atoms with van der Waals surface area (Å²) in [4.78, 5) is 12.9. The van der Waals surface area contributed by atoms with Crippen molar-refractivity contribution in [2.24, 2.45) is 11.8 Å². The third kappa shape index (κ3) is 4.42. The van der Waals surface area contributed by atoms with Crippen molar-refractivity contribution in [2.45, 2.75) is 38.6 Å². The van der Waals surface area contributed by atoms with Crippen molar-refractivity contribution in [1.82, 2.24) is 9.62 Å². The molecule has 0 unspecified atom stereocenters. The van der Waals surface area contributed by atoms with E-state index in [1.165, 1.54) is 18.2 Å². The highest BCUT2D eigenvalue weighted by Gasteiger charge is 2.32. The van der Waals surface area contributed by atoms with Gasteiger partial charge in [0.1, 0.15) is 11.4 Å². The number of sulfonamides is 1. The lowest BCUT2D eigenvalue weighted by Gasteiger charge is -2.34. The van der Waals surface area contributed by atoms with Gasteiger partial charge in [0.25, 0.3) is 5.91 Å². The van der Waals surface area contributed by atoms with E-state index in [2.05, 4.69) is 19.2 Å². The molecule has 8 heteroatoms. The Kier molecular flexibility index (Phi) is 6.09. The number of hydrogen-bond donors (Lipinski definition) is 1. The molecule has 4 rings (SSSR count). The van der Waals surface area contributed by atoms with Crippen molar-refractivity contribution in [1.29, 1.82) is 0 Å². The molecular formula is C24H27FN2O4S. The molecule has 6 nitrogen and oxygen atoms in total. The van der Waals surface area contributed by atoms with Crippen LogP contribution in [0.3, 0.4) is 0 Å². The van der Waals surface area contributed by atoms with E-state index in [4.69, 9.17) is 4.42 Å². The Bertz CT molecular complexity index is 1240. The number of piperidine rings is 1. The number of amides is 1. The molecule has 1 aromatic heterocycles. The summed E-state index contributed by atoms with van der Waals surface area (Å²) >= 11 is 0. The summed E-state index contributed by atoms with van der Waals surface area (Å²) in [5.41, 5.74) is 1.79. The molecular weight excluding hydrogens is 431 g/mol. The maximum atomic E-state index is 13.2. The van der Waals surface area contributed by atoms with E-state index in [0.29, 0.717) is 41.5 Å². The topological polar surface area (TPSA) is 79.6 Å². The number of furan rings is 1. The third-order valence-corrected chi connectivity index (χ3v) is 7.78. The SMILES string of the molecule is Cc1c(C(=O)NCc2ccc(F)cc2)oc2ccc(S(=O)(=O)N3C[C@@H](C)C[C@H](C)C3)cc12. The predicted octanol–water partition coefficient (Wildman–Crippen LogP) is 4.48. The fourth-order valence-electron chi connectivity index (χ4n) is 4.39. The Labute approximate surface area is 187 Å². The van der Waals surface area contributed by atoms with Gasteiger partial charge in [-0.2, -0.15) is 4.31 Å². The van der Waals surface area contributed by atoms with Crippen LogP contribution in [0.5, 0.6) is 0 Å². The molecule has 1 fully saturated rings. The smallest absolute Gasteiger partial charge is 0.287 e. The molecule has 0 bridgehead atoms. The van der Waals surface area contributed by atoms with Crippen LogP contribution in [-0.2, 0) is 16.6 Å². The van der Waals surface area contributed by atoms with Gasteiger partial charge in [-0.1, -0.05) is 26.0 Å². The third-order valence-electron chi connectivity index (χ3n) is 5.95. The van der Waals surface area contributed by atoms with Crippen LogP contribution < -0.4 is 5.32 Å². The summed E-state index contributed by atoms with van der Waals surface area (Å²) < 4.78 is 46.8. The van der Waals surface area contributed by atoms with Gasteiger partial charge in [-0.15, -0.1) is 0 Å². The van der Waals surface area contributed by atoms with Crippen molar-refractivity contribution in [3.05, 3.63) is 65.2 Å².